The molecule has 1 N–H and O–H groups in total. The molecule has 3 rings (SSSR count). The highest BCUT2D eigenvalue weighted by Crippen LogP contribution is 2.27. The van der Waals surface area contributed by atoms with E-state index in [-0.39, 0.29) is 11.7 Å². The molecule has 31 heavy (non-hydrogen) atoms. The average Bonchev–Trinajstić information content (AvgIpc) is 3.16. The van der Waals surface area contributed by atoms with Gasteiger partial charge in [0.05, 0.1) is 11.4 Å². The quantitative estimate of drug-likeness (QED) is 0.388. The molecular formula is C23H27BrN4O2S. The summed E-state index contributed by atoms with van der Waals surface area (Å²) in [6.07, 6.45) is 0.999. The van der Waals surface area contributed by atoms with Gasteiger partial charge in [-0.15, -0.1) is 10.2 Å². The van der Waals surface area contributed by atoms with E-state index in [0.717, 1.165) is 33.7 Å². The molecule has 0 saturated heterocycles. The van der Waals surface area contributed by atoms with E-state index in [0.29, 0.717) is 18.3 Å². The minimum Gasteiger partial charge on any atom is -0.486 e. The Bertz CT molecular complexity index is 1050. The lowest BCUT2D eigenvalue weighted by molar-refractivity contribution is -0.113. The number of carbonyl (C=O) groups is 1. The zero-order chi connectivity index (χ0) is 22.4. The minimum absolute atomic E-state index is 0.0894. The second-order valence-electron chi connectivity index (χ2n) is 7.18. The number of amides is 1. The molecule has 8 heteroatoms. The highest BCUT2D eigenvalue weighted by molar-refractivity contribution is 9.10. The molecule has 1 aromatic heterocycles. The van der Waals surface area contributed by atoms with Crippen molar-refractivity contribution in [2.75, 3.05) is 11.1 Å². The first-order chi connectivity index (χ1) is 14.9. The third kappa shape index (κ3) is 6.11. The monoisotopic (exact) mass is 502 g/mol. The van der Waals surface area contributed by atoms with Crippen LogP contribution in [0.3, 0.4) is 0 Å². The van der Waals surface area contributed by atoms with E-state index in [1.807, 2.05) is 49.6 Å². The van der Waals surface area contributed by atoms with Crippen molar-refractivity contribution in [1.29, 1.82) is 0 Å². The van der Waals surface area contributed by atoms with Gasteiger partial charge in [-0.3, -0.25) is 4.79 Å². The molecule has 1 heterocycles. The zero-order valence-electron chi connectivity index (χ0n) is 18.2. The topological polar surface area (TPSA) is 69.0 Å². The number of halogens is 1. The number of nitrogens with zero attached hydrogens (tertiary/aromatic N) is 3. The van der Waals surface area contributed by atoms with Crippen molar-refractivity contribution < 1.29 is 9.53 Å². The first kappa shape index (κ1) is 23.3. The molecule has 0 aliphatic carbocycles. The van der Waals surface area contributed by atoms with Crippen molar-refractivity contribution >= 4 is 39.3 Å². The Balaban J connectivity index is 1.58. The van der Waals surface area contributed by atoms with Crippen molar-refractivity contribution in [3.05, 3.63) is 63.4 Å². The van der Waals surface area contributed by atoms with Crippen LogP contribution in [0.2, 0.25) is 0 Å². The number of benzene rings is 2. The molecule has 0 atom stereocenters. The van der Waals surface area contributed by atoms with Crippen molar-refractivity contribution in [2.24, 2.45) is 0 Å². The van der Waals surface area contributed by atoms with Gasteiger partial charge in [0.25, 0.3) is 0 Å². The summed E-state index contributed by atoms with van der Waals surface area (Å²) in [7, 11) is 0. The van der Waals surface area contributed by atoms with Crippen LogP contribution in [0.15, 0.2) is 46.0 Å². The van der Waals surface area contributed by atoms with Crippen LogP contribution in [-0.4, -0.2) is 26.4 Å². The van der Waals surface area contributed by atoms with Gasteiger partial charge in [0.15, 0.2) is 11.0 Å². The molecule has 0 bridgehead atoms. The SMILES string of the molecule is CCc1ccc(OCc2nnc(SCC(=O)Nc3cc(C)c(C)cc3Br)n2CC)cc1. The number of nitrogens with one attached hydrogen (secondary N) is 1. The van der Waals surface area contributed by atoms with E-state index < -0.39 is 0 Å². The molecule has 0 aliphatic rings. The number of aromatic nitrogens is 3. The summed E-state index contributed by atoms with van der Waals surface area (Å²) in [4.78, 5) is 12.5. The predicted molar refractivity (Wildman–Crippen MR) is 129 cm³/mol. The number of hydrogen-bond donors (Lipinski definition) is 1. The molecule has 0 radical (unpaired) electrons. The van der Waals surface area contributed by atoms with Gasteiger partial charge in [-0.05, 0) is 84.1 Å². The Morgan fingerprint density at radius 3 is 2.52 bits per heavy atom. The van der Waals surface area contributed by atoms with Crippen LogP contribution in [0, 0.1) is 13.8 Å². The van der Waals surface area contributed by atoms with Crippen LogP contribution in [0.25, 0.3) is 0 Å². The molecular weight excluding hydrogens is 476 g/mol. The molecule has 0 spiro atoms. The fourth-order valence-electron chi connectivity index (χ4n) is 3.01. The third-order valence-corrected chi connectivity index (χ3v) is 6.62. The standard InChI is InChI=1S/C23H27BrN4O2S/c1-5-17-7-9-18(10-8-17)30-13-21-26-27-23(28(21)6-2)31-14-22(29)25-20-12-16(4)15(3)11-19(20)24/h7-12H,5-6,13-14H2,1-4H3,(H,25,29). The summed E-state index contributed by atoms with van der Waals surface area (Å²) in [5.41, 5.74) is 4.35. The van der Waals surface area contributed by atoms with Crippen molar-refractivity contribution in [2.45, 2.75) is 52.4 Å². The number of rotatable bonds is 9. The fourth-order valence-corrected chi connectivity index (χ4v) is 4.39. The van der Waals surface area contributed by atoms with E-state index in [2.05, 4.69) is 50.5 Å². The van der Waals surface area contributed by atoms with Crippen LogP contribution in [-0.2, 0) is 24.4 Å². The number of hydrogen-bond acceptors (Lipinski definition) is 5. The largest absolute Gasteiger partial charge is 0.486 e. The predicted octanol–water partition coefficient (Wildman–Crippen LogP) is 5.55. The van der Waals surface area contributed by atoms with Crippen LogP contribution < -0.4 is 10.1 Å². The Morgan fingerprint density at radius 1 is 1.13 bits per heavy atom. The van der Waals surface area contributed by atoms with Crippen LogP contribution in [0.4, 0.5) is 5.69 Å². The van der Waals surface area contributed by atoms with E-state index in [1.165, 1.54) is 22.9 Å². The molecule has 0 aliphatic heterocycles. The molecule has 3 aromatic rings. The van der Waals surface area contributed by atoms with Gasteiger partial charge in [0, 0.05) is 11.0 Å². The summed E-state index contributed by atoms with van der Waals surface area (Å²) in [5.74, 6) is 1.70. The van der Waals surface area contributed by atoms with E-state index in [4.69, 9.17) is 4.74 Å². The molecule has 164 valence electrons. The van der Waals surface area contributed by atoms with E-state index in [1.54, 1.807) is 0 Å². The van der Waals surface area contributed by atoms with Gasteiger partial charge in [-0.2, -0.15) is 0 Å². The van der Waals surface area contributed by atoms with E-state index in [9.17, 15) is 4.79 Å². The lowest BCUT2D eigenvalue weighted by Gasteiger charge is -2.11. The molecule has 6 nitrogen and oxygen atoms in total. The number of aryl methyl sites for hydroxylation is 3. The molecule has 0 unspecified atom stereocenters. The minimum atomic E-state index is -0.0894. The highest BCUT2D eigenvalue weighted by Gasteiger charge is 2.15. The van der Waals surface area contributed by atoms with Gasteiger partial charge in [-0.1, -0.05) is 30.8 Å². The molecule has 0 saturated carbocycles. The maximum atomic E-state index is 12.5. The molecule has 1 amide bonds. The Kier molecular flexibility index (Phi) is 8.15. The number of ether oxygens (including phenoxy) is 1. The first-order valence-electron chi connectivity index (χ1n) is 10.2. The second-order valence-corrected chi connectivity index (χ2v) is 8.98. The molecule has 0 fully saturated rings. The van der Waals surface area contributed by atoms with Crippen LogP contribution >= 0.6 is 27.7 Å². The summed E-state index contributed by atoms with van der Waals surface area (Å²) in [6, 6.07) is 12.0. The highest BCUT2D eigenvalue weighted by atomic mass is 79.9. The van der Waals surface area contributed by atoms with Gasteiger partial charge in [0.2, 0.25) is 5.91 Å². The maximum absolute atomic E-state index is 12.5. The normalized spacial score (nSPS) is 10.9. The van der Waals surface area contributed by atoms with E-state index >= 15 is 0 Å². The van der Waals surface area contributed by atoms with Crippen LogP contribution in [0.1, 0.15) is 36.4 Å². The second kappa shape index (κ2) is 10.8. The fraction of sp³-hybridized carbons (Fsp3) is 0.348. The van der Waals surface area contributed by atoms with Crippen molar-refractivity contribution in [3.8, 4) is 5.75 Å². The first-order valence-corrected chi connectivity index (χ1v) is 12.0. The number of carbonyl (C=O) groups excluding carboxylic acids is 1. The lowest BCUT2D eigenvalue weighted by Crippen LogP contribution is -2.15. The summed E-state index contributed by atoms with van der Waals surface area (Å²) in [5, 5.41) is 12.2. The molecule has 2 aromatic carbocycles. The van der Waals surface area contributed by atoms with Crippen LogP contribution in [0.5, 0.6) is 5.75 Å². The Morgan fingerprint density at radius 2 is 1.84 bits per heavy atom. The smallest absolute Gasteiger partial charge is 0.234 e. The van der Waals surface area contributed by atoms with Gasteiger partial charge in [-0.25, -0.2) is 0 Å². The third-order valence-electron chi connectivity index (χ3n) is 5.00. The van der Waals surface area contributed by atoms with Gasteiger partial charge < -0.3 is 14.6 Å². The zero-order valence-corrected chi connectivity index (χ0v) is 20.6. The summed E-state index contributed by atoms with van der Waals surface area (Å²) in [6.45, 7) is 9.25. The van der Waals surface area contributed by atoms with Crippen molar-refractivity contribution in [3.63, 3.8) is 0 Å². The Hall–Kier alpha value is -2.32. The summed E-state index contributed by atoms with van der Waals surface area (Å²) >= 11 is 4.88. The average molecular weight is 503 g/mol. The summed E-state index contributed by atoms with van der Waals surface area (Å²) < 4.78 is 8.72. The van der Waals surface area contributed by atoms with Gasteiger partial charge in [0.1, 0.15) is 12.4 Å². The van der Waals surface area contributed by atoms with Crippen molar-refractivity contribution in [1.82, 2.24) is 14.8 Å². The maximum Gasteiger partial charge on any atom is 0.234 e. The van der Waals surface area contributed by atoms with Gasteiger partial charge >= 0.3 is 0 Å². The number of anilines is 1. The lowest BCUT2D eigenvalue weighted by atomic mass is 10.1. The number of thioether (sulfide) groups is 1. The Labute approximate surface area is 195 Å².